The van der Waals surface area contributed by atoms with E-state index in [1.54, 1.807) is 0 Å². The topological polar surface area (TPSA) is 39.1 Å². The highest BCUT2D eigenvalue weighted by Crippen LogP contribution is 2.25. The summed E-state index contributed by atoms with van der Waals surface area (Å²) in [6, 6.07) is 0. The Kier molecular flexibility index (Phi) is 4.42. The van der Waals surface area contributed by atoms with E-state index in [0.717, 1.165) is 39.1 Å². The van der Waals surface area contributed by atoms with E-state index in [0.29, 0.717) is 0 Å². The molecule has 0 bridgehead atoms. The number of aryl methyl sites for hydroxylation is 1. The van der Waals surface area contributed by atoms with Gasteiger partial charge in [0.05, 0.1) is 12.3 Å². The summed E-state index contributed by atoms with van der Waals surface area (Å²) in [5.74, 6) is 1.25. The highest BCUT2D eigenvalue weighted by molar-refractivity contribution is 5.49. The van der Waals surface area contributed by atoms with E-state index in [1.165, 1.54) is 29.9 Å². The predicted molar refractivity (Wildman–Crippen MR) is 69.5 cm³/mol. The van der Waals surface area contributed by atoms with Gasteiger partial charge in [-0.2, -0.15) is 5.10 Å². The highest BCUT2D eigenvalue weighted by Gasteiger charge is 2.18. The van der Waals surface area contributed by atoms with E-state index in [4.69, 9.17) is 9.84 Å². The van der Waals surface area contributed by atoms with Crippen LogP contribution in [0.2, 0.25) is 0 Å². The van der Waals surface area contributed by atoms with Crippen LogP contribution >= 0.6 is 0 Å². The van der Waals surface area contributed by atoms with Crippen LogP contribution in [0, 0.1) is 0 Å². The third kappa shape index (κ3) is 2.80. The van der Waals surface area contributed by atoms with Crippen LogP contribution in [-0.2, 0) is 24.1 Å². The molecule has 0 radical (unpaired) electrons. The molecule has 0 fully saturated rings. The van der Waals surface area contributed by atoms with E-state index in [9.17, 15) is 0 Å². The summed E-state index contributed by atoms with van der Waals surface area (Å²) in [5, 5.41) is 8.21. The molecule has 0 unspecified atom stereocenters. The number of rotatable bonds is 5. The molecular formula is C13H23N3O. The molecule has 1 aliphatic heterocycles. The molecule has 1 aromatic heterocycles. The average molecular weight is 237 g/mol. The highest BCUT2D eigenvalue weighted by atomic mass is 16.5. The van der Waals surface area contributed by atoms with Gasteiger partial charge in [-0.3, -0.25) is 0 Å². The Labute approximate surface area is 103 Å². The van der Waals surface area contributed by atoms with Gasteiger partial charge in [-0.25, -0.2) is 4.68 Å². The van der Waals surface area contributed by atoms with Crippen molar-refractivity contribution in [2.24, 2.45) is 0 Å². The van der Waals surface area contributed by atoms with Gasteiger partial charge >= 0.3 is 0 Å². The molecule has 2 rings (SSSR count). The SMILES string of the molecule is CCOCCc1nn(CC)c2c1CCCCN2. The van der Waals surface area contributed by atoms with E-state index in [2.05, 4.69) is 16.9 Å². The minimum Gasteiger partial charge on any atom is -0.381 e. The molecule has 1 aliphatic rings. The van der Waals surface area contributed by atoms with Gasteiger partial charge in [0.25, 0.3) is 0 Å². The zero-order valence-electron chi connectivity index (χ0n) is 11.0. The zero-order valence-corrected chi connectivity index (χ0v) is 11.0. The van der Waals surface area contributed by atoms with Crippen molar-refractivity contribution in [1.29, 1.82) is 0 Å². The molecule has 0 spiro atoms. The smallest absolute Gasteiger partial charge is 0.127 e. The van der Waals surface area contributed by atoms with Gasteiger partial charge < -0.3 is 10.1 Å². The fourth-order valence-electron chi connectivity index (χ4n) is 2.39. The molecule has 0 saturated carbocycles. The molecule has 1 N–H and O–H groups in total. The molecular weight excluding hydrogens is 214 g/mol. The first-order valence-corrected chi connectivity index (χ1v) is 6.77. The summed E-state index contributed by atoms with van der Waals surface area (Å²) >= 11 is 0. The van der Waals surface area contributed by atoms with Crippen molar-refractivity contribution >= 4 is 5.82 Å². The van der Waals surface area contributed by atoms with Crippen molar-refractivity contribution in [3.05, 3.63) is 11.3 Å². The molecule has 2 heterocycles. The quantitative estimate of drug-likeness (QED) is 0.798. The summed E-state index contributed by atoms with van der Waals surface area (Å²) in [6.45, 7) is 7.75. The lowest BCUT2D eigenvalue weighted by Crippen LogP contribution is -2.07. The standard InChI is InChI=1S/C13H23N3O/c1-3-16-13-11(7-5-6-9-14-13)12(15-16)8-10-17-4-2/h14H,3-10H2,1-2H3. The fourth-order valence-corrected chi connectivity index (χ4v) is 2.39. The Morgan fingerprint density at radius 2 is 2.24 bits per heavy atom. The van der Waals surface area contributed by atoms with Crippen molar-refractivity contribution in [2.45, 2.75) is 46.1 Å². The number of anilines is 1. The number of nitrogens with zero attached hydrogens (tertiary/aromatic N) is 2. The Balaban J connectivity index is 2.17. The average Bonchev–Trinajstić information content (AvgIpc) is 2.53. The largest absolute Gasteiger partial charge is 0.381 e. The first-order chi connectivity index (χ1) is 8.36. The second-order valence-electron chi connectivity index (χ2n) is 4.42. The van der Waals surface area contributed by atoms with E-state index in [1.807, 2.05) is 6.92 Å². The Hall–Kier alpha value is -1.03. The van der Waals surface area contributed by atoms with Crippen LogP contribution in [0.25, 0.3) is 0 Å². The minimum atomic E-state index is 0.781. The van der Waals surface area contributed by atoms with Crippen LogP contribution in [0.1, 0.15) is 37.9 Å². The monoisotopic (exact) mass is 237 g/mol. The minimum absolute atomic E-state index is 0.781. The molecule has 0 atom stereocenters. The first-order valence-electron chi connectivity index (χ1n) is 6.77. The molecule has 17 heavy (non-hydrogen) atoms. The van der Waals surface area contributed by atoms with Crippen molar-refractivity contribution < 1.29 is 4.74 Å². The van der Waals surface area contributed by atoms with Gasteiger partial charge in [0.15, 0.2) is 0 Å². The van der Waals surface area contributed by atoms with Gasteiger partial charge in [-0.05, 0) is 33.1 Å². The van der Waals surface area contributed by atoms with E-state index in [-0.39, 0.29) is 0 Å². The zero-order chi connectivity index (χ0) is 12.1. The molecule has 96 valence electrons. The molecule has 0 aromatic carbocycles. The maximum atomic E-state index is 5.43. The summed E-state index contributed by atoms with van der Waals surface area (Å²) in [7, 11) is 0. The lowest BCUT2D eigenvalue weighted by molar-refractivity contribution is 0.150. The van der Waals surface area contributed by atoms with Crippen LogP contribution in [-0.4, -0.2) is 29.5 Å². The van der Waals surface area contributed by atoms with Crippen molar-refractivity contribution in [3.8, 4) is 0 Å². The van der Waals surface area contributed by atoms with Crippen LogP contribution < -0.4 is 5.32 Å². The third-order valence-electron chi connectivity index (χ3n) is 3.27. The van der Waals surface area contributed by atoms with Crippen molar-refractivity contribution in [3.63, 3.8) is 0 Å². The number of ether oxygens (including phenoxy) is 1. The number of fused-ring (bicyclic) bond motifs is 1. The van der Waals surface area contributed by atoms with Crippen molar-refractivity contribution in [2.75, 3.05) is 25.1 Å². The molecule has 0 aliphatic carbocycles. The van der Waals surface area contributed by atoms with E-state index >= 15 is 0 Å². The maximum Gasteiger partial charge on any atom is 0.127 e. The number of hydrogen-bond donors (Lipinski definition) is 1. The molecule has 4 nitrogen and oxygen atoms in total. The second kappa shape index (κ2) is 6.05. The van der Waals surface area contributed by atoms with Gasteiger partial charge in [0, 0.05) is 31.7 Å². The van der Waals surface area contributed by atoms with Crippen LogP contribution in [0.15, 0.2) is 0 Å². The molecule has 0 amide bonds. The predicted octanol–water partition coefficient (Wildman–Crippen LogP) is 2.23. The van der Waals surface area contributed by atoms with E-state index < -0.39 is 0 Å². The Morgan fingerprint density at radius 3 is 3.00 bits per heavy atom. The lowest BCUT2D eigenvalue weighted by Gasteiger charge is -2.06. The van der Waals surface area contributed by atoms with Gasteiger partial charge in [-0.1, -0.05) is 0 Å². The van der Waals surface area contributed by atoms with Crippen LogP contribution in [0.4, 0.5) is 5.82 Å². The molecule has 4 heteroatoms. The normalized spacial score (nSPS) is 15.2. The summed E-state index contributed by atoms with van der Waals surface area (Å²) < 4.78 is 7.53. The van der Waals surface area contributed by atoms with Gasteiger partial charge in [0.1, 0.15) is 5.82 Å². The van der Waals surface area contributed by atoms with Gasteiger partial charge in [0.2, 0.25) is 0 Å². The van der Waals surface area contributed by atoms with Crippen LogP contribution in [0.5, 0.6) is 0 Å². The second-order valence-corrected chi connectivity index (χ2v) is 4.42. The number of nitrogens with one attached hydrogen (secondary N) is 1. The Morgan fingerprint density at radius 1 is 1.35 bits per heavy atom. The van der Waals surface area contributed by atoms with Gasteiger partial charge in [-0.15, -0.1) is 0 Å². The fraction of sp³-hybridized carbons (Fsp3) is 0.769. The maximum absolute atomic E-state index is 5.43. The summed E-state index contributed by atoms with van der Waals surface area (Å²) in [6.07, 6.45) is 4.61. The number of hydrogen-bond acceptors (Lipinski definition) is 3. The number of aromatic nitrogens is 2. The molecule has 1 aromatic rings. The summed E-state index contributed by atoms with van der Waals surface area (Å²) in [5.41, 5.74) is 2.65. The Bertz CT molecular complexity index is 360. The lowest BCUT2D eigenvalue weighted by atomic mass is 10.1. The third-order valence-corrected chi connectivity index (χ3v) is 3.27. The first kappa shape index (κ1) is 12.4. The molecule has 0 saturated heterocycles. The van der Waals surface area contributed by atoms with Crippen molar-refractivity contribution in [1.82, 2.24) is 9.78 Å². The van der Waals surface area contributed by atoms with Crippen LogP contribution in [0.3, 0.4) is 0 Å². The summed E-state index contributed by atoms with van der Waals surface area (Å²) in [4.78, 5) is 0.